The molecular weight excluding hydrogens is 305 g/mol. The SMILES string of the molecule is FC(F)(F)C(Br)COc1ccc2c(c1)OCO2. The molecule has 0 N–H and O–H groups in total. The van der Waals surface area contributed by atoms with Gasteiger partial charge in [0.05, 0.1) is 0 Å². The highest BCUT2D eigenvalue weighted by Crippen LogP contribution is 2.35. The largest absolute Gasteiger partial charge is 0.492 e. The van der Waals surface area contributed by atoms with Gasteiger partial charge in [0.1, 0.15) is 17.2 Å². The molecule has 0 spiro atoms. The number of benzene rings is 1. The monoisotopic (exact) mass is 312 g/mol. The molecule has 0 radical (unpaired) electrons. The zero-order valence-corrected chi connectivity index (χ0v) is 10.0. The molecule has 17 heavy (non-hydrogen) atoms. The van der Waals surface area contributed by atoms with Crippen LogP contribution in [0.25, 0.3) is 0 Å². The molecule has 1 unspecified atom stereocenters. The van der Waals surface area contributed by atoms with Crippen molar-refractivity contribution in [3.63, 3.8) is 0 Å². The Morgan fingerprint density at radius 2 is 2.00 bits per heavy atom. The highest BCUT2D eigenvalue weighted by atomic mass is 79.9. The van der Waals surface area contributed by atoms with Crippen LogP contribution in [-0.4, -0.2) is 24.4 Å². The van der Waals surface area contributed by atoms with Gasteiger partial charge < -0.3 is 14.2 Å². The maximum absolute atomic E-state index is 12.2. The number of alkyl halides is 4. The first-order chi connectivity index (χ1) is 7.97. The van der Waals surface area contributed by atoms with Gasteiger partial charge in [0.2, 0.25) is 6.79 Å². The third kappa shape index (κ3) is 2.96. The van der Waals surface area contributed by atoms with E-state index in [0.717, 1.165) is 0 Å². The van der Waals surface area contributed by atoms with Crippen LogP contribution in [0.4, 0.5) is 13.2 Å². The summed E-state index contributed by atoms with van der Waals surface area (Å²) < 4.78 is 51.8. The standard InChI is InChI=1S/C10H8BrF3O3/c11-9(10(12,13)14)4-15-6-1-2-7-8(3-6)17-5-16-7/h1-3,9H,4-5H2. The average Bonchev–Trinajstić information content (AvgIpc) is 2.71. The lowest BCUT2D eigenvalue weighted by Crippen LogP contribution is -2.28. The van der Waals surface area contributed by atoms with E-state index in [4.69, 9.17) is 14.2 Å². The van der Waals surface area contributed by atoms with Crippen LogP contribution in [0.3, 0.4) is 0 Å². The van der Waals surface area contributed by atoms with Crippen molar-refractivity contribution in [3.05, 3.63) is 18.2 Å². The maximum Gasteiger partial charge on any atom is 0.404 e. The van der Waals surface area contributed by atoms with Gasteiger partial charge in [0.15, 0.2) is 11.5 Å². The molecule has 0 fully saturated rings. The van der Waals surface area contributed by atoms with Gasteiger partial charge >= 0.3 is 6.18 Å². The Labute approximate surface area is 104 Å². The van der Waals surface area contributed by atoms with E-state index in [9.17, 15) is 13.2 Å². The molecule has 0 amide bonds. The molecule has 7 heteroatoms. The van der Waals surface area contributed by atoms with Crippen LogP contribution in [0.1, 0.15) is 0 Å². The third-order valence-electron chi connectivity index (χ3n) is 2.10. The molecule has 1 aliphatic heterocycles. The van der Waals surface area contributed by atoms with Gasteiger partial charge in [-0.3, -0.25) is 0 Å². The predicted molar refractivity (Wildman–Crippen MR) is 56.8 cm³/mol. The van der Waals surface area contributed by atoms with Crippen molar-refractivity contribution < 1.29 is 27.4 Å². The quantitative estimate of drug-likeness (QED) is 0.803. The van der Waals surface area contributed by atoms with Crippen LogP contribution in [0.15, 0.2) is 18.2 Å². The minimum absolute atomic E-state index is 0.113. The first-order valence-electron chi connectivity index (χ1n) is 4.70. The first kappa shape index (κ1) is 12.3. The molecule has 0 bridgehead atoms. The minimum Gasteiger partial charge on any atom is -0.492 e. The Morgan fingerprint density at radius 1 is 1.29 bits per heavy atom. The molecule has 2 rings (SSSR count). The van der Waals surface area contributed by atoms with Gasteiger partial charge in [-0.05, 0) is 12.1 Å². The fraction of sp³-hybridized carbons (Fsp3) is 0.400. The van der Waals surface area contributed by atoms with Crippen LogP contribution in [-0.2, 0) is 0 Å². The zero-order chi connectivity index (χ0) is 12.5. The highest BCUT2D eigenvalue weighted by molar-refractivity contribution is 9.09. The molecule has 0 aromatic heterocycles. The molecule has 1 heterocycles. The lowest BCUT2D eigenvalue weighted by Gasteiger charge is -2.14. The van der Waals surface area contributed by atoms with Gasteiger partial charge in [-0.15, -0.1) is 0 Å². The zero-order valence-electron chi connectivity index (χ0n) is 8.46. The van der Waals surface area contributed by atoms with E-state index in [1.807, 2.05) is 0 Å². The van der Waals surface area contributed by atoms with E-state index in [0.29, 0.717) is 17.2 Å². The first-order valence-corrected chi connectivity index (χ1v) is 5.61. The van der Waals surface area contributed by atoms with Gasteiger partial charge in [0.25, 0.3) is 0 Å². The predicted octanol–water partition coefficient (Wildman–Crippen LogP) is 3.12. The maximum atomic E-state index is 12.2. The van der Waals surface area contributed by atoms with E-state index in [1.54, 1.807) is 6.07 Å². The van der Waals surface area contributed by atoms with Gasteiger partial charge in [-0.25, -0.2) is 0 Å². The van der Waals surface area contributed by atoms with Crippen LogP contribution < -0.4 is 14.2 Å². The smallest absolute Gasteiger partial charge is 0.404 e. The van der Waals surface area contributed by atoms with E-state index >= 15 is 0 Å². The number of halogens is 4. The molecule has 0 saturated heterocycles. The molecule has 94 valence electrons. The van der Waals surface area contributed by atoms with Gasteiger partial charge in [-0.1, -0.05) is 15.9 Å². The second-order valence-electron chi connectivity index (χ2n) is 3.34. The van der Waals surface area contributed by atoms with Crippen molar-refractivity contribution in [1.29, 1.82) is 0 Å². The van der Waals surface area contributed by atoms with E-state index in [-0.39, 0.29) is 6.79 Å². The number of rotatable bonds is 3. The number of fused-ring (bicyclic) bond motifs is 1. The van der Waals surface area contributed by atoms with E-state index < -0.39 is 17.6 Å². The summed E-state index contributed by atoms with van der Waals surface area (Å²) in [5, 5.41) is 0. The Morgan fingerprint density at radius 3 is 2.71 bits per heavy atom. The summed E-state index contributed by atoms with van der Waals surface area (Å²) in [6.07, 6.45) is -4.32. The molecule has 1 aromatic carbocycles. The molecular formula is C10H8BrF3O3. The molecule has 1 aromatic rings. The second-order valence-corrected chi connectivity index (χ2v) is 4.44. The molecule has 1 atom stereocenters. The fourth-order valence-corrected chi connectivity index (χ4v) is 1.36. The Balaban J connectivity index is 1.96. The Kier molecular flexibility index (Phi) is 3.37. The minimum atomic E-state index is -4.32. The van der Waals surface area contributed by atoms with Crippen molar-refractivity contribution >= 4 is 15.9 Å². The summed E-state index contributed by atoms with van der Waals surface area (Å²) in [5.41, 5.74) is 0. The third-order valence-corrected chi connectivity index (χ3v) is 2.88. The van der Waals surface area contributed by atoms with Crippen molar-refractivity contribution in [2.75, 3.05) is 13.4 Å². The van der Waals surface area contributed by atoms with Gasteiger partial charge in [0, 0.05) is 6.07 Å². The van der Waals surface area contributed by atoms with Gasteiger partial charge in [-0.2, -0.15) is 13.2 Å². The van der Waals surface area contributed by atoms with Crippen LogP contribution in [0, 0.1) is 0 Å². The topological polar surface area (TPSA) is 27.7 Å². The summed E-state index contributed by atoms with van der Waals surface area (Å²) in [5.74, 6) is 1.34. The lowest BCUT2D eigenvalue weighted by atomic mass is 10.3. The molecule has 1 aliphatic rings. The summed E-state index contributed by atoms with van der Waals surface area (Å²) in [6, 6.07) is 4.62. The van der Waals surface area contributed by atoms with Crippen molar-refractivity contribution in [2.45, 2.75) is 11.0 Å². The lowest BCUT2D eigenvalue weighted by molar-refractivity contribution is -0.132. The second kappa shape index (κ2) is 4.64. The fourth-order valence-electron chi connectivity index (χ4n) is 1.23. The normalized spacial score (nSPS) is 15.8. The Bertz CT molecular complexity index is 408. The molecule has 0 saturated carbocycles. The summed E-state index contributed by atoms with van der Waals surface area (Å²) in [7, 11) is 0. The van der Waals surface area contributed by atoms with E-state index in [1.165, 1.54) is 12.1 Å². The summed E-state index contributed by atoms with van der Waals surface area (Å²) in [6.45, 7) is -0.383. The summed E-state index contributed by atoms with van der Waals surface area (Å²) >= 11 is 2.51. The summed E-state index contributed by atoms with van der Waals surface area (Å²) in [4.78, 5) is -1.69. The van der Waals surface area contributed by atoms with Crippen molar-refractivity contribution in [2.24, 2.45) is 0 Å². The van der Waals surface area contributed by atoms with Crippen LogP contribution in [0.5, 0.6) is 17.2 Å². The molecule has 3 nitrogen and oxygen atoms in total. The number of hydrogen-bond acceptors (Lipinski definition) is 3. The average molecular weight is 313 g/mol. The molecule has 0 aliphatic carbocycles. The number of hydrogen-bond donors (Lipinski definition) is 0. The van der Waals surface area contributed by atoms with E-state index in [2.05, 4.69) is 15.9 Å². The van der Waals surface area contributed by atoms with Crippen molar-refractivity contribution in [1.82, 2.24) is 0 Å². The van der Waals surface area contributed by atoms with Crippen LogP contribution >= 0.6 is 15.9 Å². The van der Waals surface area contributed by atoms with Crippen LogP contribution in [0.2, 0.25) is 0 Å². The van der Waals surface area contributed by atoms with Crippen molar-refractivity contribution in [3.8, 4) is 17.2 Å². The number of ether oxygens (including phenoxy) is 3. The highest BCUT2D eigenvalue weighted by Gasteiger charge is 2.38. The Hall–Kier alpha value is -1.11.